The molecule has 0 radical (unpaired) electrons. The van der Waals surface area contributed by atoms with Crippen molar-refractivity contribution in [1.82, 2.24) is 0 Å². The summed E-state index contributed by atoms with van der Waals surface area (Å²) in [6, 6.07) is 5.64. The predicted molar refractivity (Wildman–Crippen MR) is 80.0 cm³/mol. The van der Waals surface area contributed by atoms with Gasteiger partial charge in [-0.3, -0.25) is 0 Å². The first-order valence-electron chi connectivity index (χ1n) is 7.78. The first kappa shape index (κ1) is 15.2. The van der Waals surface area contributed by atoms with Gasteiger partial charge < -0.3 is 0 Å². The van der Waals surface area contributed by atoms with E-state index in [1.165, 1.54) is 38.2 Å². The molecule has 2 heteroatoms. The van der Waals surface area contributed by atoms with E-state index in [1.54, 1.807) is 6.07 Å². The Morgan fingerprint density at radius 1 is 1.20 bits per heavy atom. The van der Waals surface area contributed by atoms with Gasteiger partial charge in [0.1, 0.15) is 5.82 Å². The summed E-state index contributed by atoms with van der Waals surface area (Å²) >= 11 is 0. The lowest BCUT2D eigenvalue weighted by Gasteiger charge is -2.28. The monoisotopic (exact) mass is 278 g/mol. The fourth-order valence-electron chi connectivity index (χ4n) is 3.23. The Hall–Kier alpha value is -1.18. The number of allylic oxidation sites excluding steroid dienone is 1. The molecule has 1 aromatic carbocycles. The summed E-state index contributed by atoms with van der Waals surface area (Å²) < 4.78 is 25.9. The summed E-state index contributed by atoms with van der Waals surface area (Å²) in [5.41, 5.74) is 1.83. The predicted octanol–water partition coefficient (Wildman–Crippen LogP) is 5.93. The van der Waals surface area contributed by atoms with Crippen LogP contribution in [0.3, 0.4) is 0 Å². The van der Waals surface area contributed by atoms with Gasteiger partial charge in [-0.05, 0) is 67.6 Å². The summed E-state index contributed by atoms with van der Waals surface area (Å²) in [7, 11) is 0. The molecule has 1 aromatic rings. The minimum Gasteiger partial charge on any atom is -0.216 e. The van der Waals surface area contributed by atoms with Gasteiger partial charge in [0.2, 0.25) is 0 Å². The zero-order valence-corrected chi connectivity index (χ0v) is 12.2. The van der Waals surface area contributed by atoms with E-state index in [9.17, 15) is 8.78 Å². The summed E-state index contributed by atoms with van der Waals surface area (Å²) in [5, 5.41) is 0. The summed E-state index contributed by atoms with van der Waals surface area (Å²) in [6.07, 6.45) is 9.24. The maximum atomic E-state index is 14.1. The van der Waals surface area contributed by atoms with Gasteiger partial charge in [-0.2, -0.15) is 0 Å². The first-order valence-corrected chi connectivity index (χ1v) is 7.78. The zero-order valence-electron chi connectivity index (χ0n) is 12.2. The normalized spacial score (nSPS) is 23.4. The van der Waals surface area contributed by atoms with Gasteiger partial charge in [-0.1, -0.05) is 31.6 Å². The van der Waals surface area contributed by atoms with Crippen LogP contribution in [0.1, 0.15) is 62.5 Å². The van der Waals surface area contributed by atoms with Crippen LogP contribution in [0.2, 0.25) is 0 Å². The maximum Gasteiger partial charge on any atom is 0.126 e. The molecule has 2 rings (SSSR count). The molecular formula is C18H24F2. The van der Waals surface area contributed by atoms with Crippen molar-refractivity contribution in [1.29, 1.82) is 0 Å². The molecule has 0 spiro atoms. The molecule has 0 aromatic heterocycles. The third kappa shape index (κ3) is 3.91. The van der Waals surface area contributed by atoms with Crippen LogP contribution in [0.25, 0.3) is 0 Å². The van der Waals surface area contributed by atoms with E-state index in [1.807, 2.05) is 6.07 Å². The first-order chi connectivity index (χ1) is 9.74. The van der Waals surface area contributed by atoms with Crippen LogP contribution < -0.4 is 0 Å². The molecule has 0 heterocycles. The van der Waals surface area contributed by atoms with Crippen molar-refractivity contribution in [2.45, 2.75) is 57.8 Å². The van der Waals surface area contributed by atoms with Crippen molar-refractivity contribution in [3.8, 4) is 0 Å². The Kier molecular flexibility index (Phi) is 5.75. The Labute approximate surface area is 120 Å². The molecule has 1 aliphatic rings. The maximum absolute atomic E-state index is 14.1. The van der Waals surface area contributed by atoms with Gasteiger partial charge in [-0.25, -0.2) is 8.78 Å². The van der Waals surface area contributed by atoms with E-state index in [4.69, 9.17) is 0 Å². The van der Waals surface area contributed by atoms with E-state index in [0.29, 0.717) is 30.7 Å². The molecule has 0 saturated heterocycles. The summed E-state index contributed by atoms with van der Waals surface area (Å²) in [6.45, 7) is 2.26. The van der Waals surface area contributed by atoms with Crippen LogP contribution >= 0.6 is 0 Å². The van der Waals surface area contributed by atoms with E-state index in [0.717, 1.165) is 11.5 Å². The minimum atomic E-state index is -0.132. The standard InChI is InChI=1S/C18H24F2/c1-2-14-6-8-15(9-7-14)17-11-10-16(18(20)13-17)5-3-4-12-19/h4,10-15H,2-3,5-9H2,1H3. The molecule has 0 aliphatic heterocycles. The molecular weight excluding hydrogens is 254 g/mol. The molecule has 0 unspecified atom stereocenters. The van der Waals surface area contributed by atoms with Crippen LogP contribution in [-0.2, 0) is 6.42 Å². The summed E-state index contributed by atoms with van der Waals surface area (Å²) in [4.78, 5) is 0. The van der Waals surface area contributed by atoms with Crippen LogP contribution in [0.5, 0.6) is 0 Å². The SMILES string of the molecule is CCC1CCC(c2ccc(CCC=CF)c(F)c2)CC1. The zero-order chi connectivity index (χ0) is 14.4. The largest absolute Gasteiger partial charge is 0.216 e. The lowest BCUT2D eigenvalue weighted by atomic mass is 9.77. The highest BCUT2D eigenvalue weighted by atomic mass is 19.1. The molecule has 1 fully saturated rings. The fraction of sp³-hybridized carbons (Fsp3) is 0.556. The third-order valence-corrected chi connectivity index (χ3v) is 4.64. The van der Waals surface area contributed by atoms with Gasteiger partial charge >= 0.3 is 0 Å². The average molecular weight is 278 g/mol. The Morgan fingerprint density at radius 2 is 1.95 bits per heavy atom. The number of hydrogen-bond acceptors (Lipinski definition) is 0. The van der Waals surface area contributed by atoms with Crippen LogP contribution in [0.15, 0.2) is 30.6 Å². The lowest BCUT2D eigenvalue weighted by Crippen LogP contribution is -2.13. The van der Waals surface area contributed by atoms with Crippen molar-refractivity contribution in [2.24, 2.45) is 5.92 Å². The molecule has 20 heavy (non-hydrogen) atoms. The number of aryl methyl sites for hydroxylation is 1. The van der Waals surface area contributed by atoms with Gasteiger partial charge in [0.25, 0.3) is 0 Å². The second-order valence-corrected chi connectivity index (χ2v) is 5.88. The Morgan fingerprint density at radius 3 is 2.55 bits per heavy atom. The summed E-state index contributed by atoms with van der Waals surface area (Å²) in [5.74, 6) is 1.25. The molecule has 1 saturated carbocycles. The van der Waals surface area contributed by atoms with E-state index in [2.05, 4.69) is 13.0 Å². The quantitative estimate of drug-likeness (QED) is 0.626. The van der Waals surface area contributed by atoms with Crippen LogP contribution in [-0.4, -0.2) is 0 Å². The molecule has 110 valence electrons. The van der Waals surface area contributed by atoms with Crippen LogP contribution in [0, 0.1) is 11.7 Å². The highest BCUT2D eigenvalue weighted by molar-refractivity contribution is 5.27. The average Bonchev–Trinajstić information content (AvgIpc) is 2.49. The fourth-order valence-corrected chi connectivity index (χ4v) is 3.23. The van der Waals surface area contributed by atoms with E-state index < -0.39 is 0 Å². The molecule has 1 aliphatic carbocycles. The number of rotatable bonds is 5. The Balaban J connectivity index is 1.98. The third-order valence-electron chi connectivity index (χ3n) is 4.64. The number of halogens is 2. The van der Waals surface area contributed by atoms with Gasteiger partial charge in [0, 0.05) is 0 Å². The smallest absolute Gasteiger partial charge is 0.126 e. The van der Waals surface area contributed by atoms with E-state index >= 15 is 0 Å². The van der Waals surface area contributed by atoms with Crippen molar-refractivity contribution >= 4 is 0 Å². The second-order valence-electron chi connectivity index (χ2n) is 5.88. The molecule has 0 atom stereocenters. The number of hydrogen-bond donors (Lipinski definition) is 0. The van der Waals surface area contributed by atoms with Crippen molar-refractivity contribution in [3.05, 3.63) is 47.5 Å². The van der Waals surface area contributed by atoms with Gasteiger partial charge in [0.05, 0.1) is 6.33 Å². The highest BCUT2D eigenvalue weighted by Gasteiger charge is 2.21. The Bertz CT molecular complexity index is 443. The topological polar surface area (TPSA) is 0 Å². The molecule has 0 nitrogen and oxygen atoms in total. The molecule has 0 amide bonds. The van der Waals surface area contributed by atoms with Crippen LogP contribution in [0.4, 0.5) is 8.78 Å². The second kappa shape index (κ2) is 7.56. The molecule has 0 N–H and O–H groups in total. The lowest BCUT2D eigenvalue weighted by molar-refractivity contribution is 0.318. The van der Waals surface area contributed by atoms with Gasteiger partial charge in [0.15, 0.2) is 0 Å². The molecule has 0 bridgehead atoms. The van der Waals surface area contributed by atoms with E-state index in [-0.39, 0.29) is 5.82 Å². The van der Waals surface area contributed by atoms with Crippen molar-refractivity contribution in [3.63, 3.8) is 0 Å². The van der Waals surface area contributed by atoms with Gasteiger partial charge in [-0.15, -0.1) is 0 Å². The van der Waals surface area contributed by atoms with Crippen molar-refractivity contribution in [2.75, 3.05) is 0 Å². The van der Waals surface area contributed by atoms with Crippen molar-refractivity contribution < 1.29 is 8.78 Å². The number of benzene rings is 1. The minimum absolute atomic E-state index is 0.132. The highest BCUT2D eigenvalue weighted by Crippen LogP contribution is 2.37.